The largest absolute Gasteiger partial charge is 0.306 e. The Morgan fingerprint density at radius 1 is 0.810 bits per heavy atom. The molecule has 100 valence electrons. The number of hydrogen-bond donors (Lipinski definition) is 1. The summed E-state index contributed by atoms with van der Waals surface area (Å²) in [7, 11) is 0. The average molecular weight is 272 g/mol. The monoisotopic (exact) mass is 272 g/mol. The van der Waals surface area contributed by atoms with E-state index in [1.54, 1.807) is 6.20 Å². The molecule has 3 heteroatoms. The molecule has 21 heavy (non-hydrogen) atoms. The van der Waals surface area contributed by atoms with Crippen LogP contribution >= 0.6 is 0 Å². The Hall–Kier alpha value is -2.94. The Bertz CT molecular complexity index is 1000. The van der Waals surface area contributed by atoms with Gasteiger partial charge in [-0.25, -0.2) is 4.98 Å². The van der Waals surface area contributed by atoms with Gasteiger partial charge in [-0.2, -0.15) is 0 Å². The van der Waals surface area contributed by atoms with Crippen molar-refractivity contribution < 1.29 is 0 Å². The van der Waals surface area contributed by atoms with Gasteiger partial charge >= 0.3 is 0 Å². The normalized spacial score (nSPS) is 11.0. The number of nitrogens with one attached hydrogen (secondary N) is 1. The first-order valence-corrected chi connectivity index (χ1v) is 6.80. The van der Waals surface area contributed by atoms with Crippen LogP contribution in [0.5, 0.6) is 0 Å². The molecule has 0 radical (unpaired) electrons. The zero-order valence-electron chi connectivity index (χ0n) is 11.2. The highest BCUT2D eigenvalue weighted by Crippen LogP contribution is 2.30. The molecule has 0 aliphatic carbocycles. The van der Waals surface area contributed by atoms with Crippen LogP contribution in [0.1, 0.15) is 0 Å². The Kier molecular flexibility index (Phi) is 2.57. The zero-order valence-corrected chi connectivity index (χ0v) is 11.2. The SMILES string of the molecule is O=c1[nH]c2nccc(-c3ccccc3)c2c2ccccc12. The maximum atomic E-state index is 12.1. The summed E-state index contributed by atoms with van der Waals surface area (Å²) in [4.78, 5) is 19.3. The van der Waals surface area contributed by atoms with E-state index in [4.69, 9.17) is 0 Å². The van der Waals surface area contributed by atoms with Crippen molar-refractivity contribution in [2.45, 2.75) is 0 Å². The molecule has 0 atom stereocenters. The fraction of sp³-hybridized carbons (Fsp3) is 0. The number of H-pyrrole nitrogens is 1. The molecule has 0 aliphatic heterocycles. The lowest BCUT2D eigenvalue weighted by Crippen LogP contribution is -2.07. The number of aromatic nitrogens is 2. The molecular weight excluding hydrogens is 260 g/mol. The minimum Gasteiger partial charge on any atom is -0.306 e. The molecule has 0 amide bonds. The summed E-state index contributed by atoms with van der Waals surface area (Å²) in [6, 6.07) is 19.8. The predicted molar refractivity (Wildman–Crippen MR) is 85.3 cm³/mol. The van der Waals surface area contributed by atoms with Gasteiger partial charge in [0.15, 0.2) is 0 Å². The molecule has 1 N–H and O–H groups in total. The first-order valence-electron chi connectivity index (χ1n) is 6.80. The minimum absolute atomic E-state index is 0.101. The van der Waals surface area contributed by atoms with Gasteiger partial charge in [0.25, 0.3) is 5.56 Å². The molecule has 2 aromatic carbocycles. The van der Waals surface area contributed by atoms with Crippen LogP contribution in [0.2, 0.25) is 0 Å². The van der Waals surface area contributed by atoms with Crippen molar-refractivity contribution in [1.29, 1.82) is 0 Å². The van der Waals surface area contributed by atoms with Gasteiger partial charge < -0.3 is 4.98 Å². The number of fused-ring (bicyclic) bond motifs is 3. The zero-order chi connectivity index (χ0) is 14.2. The van der Waals surface area contributed by atoms with Crippen LogP contribution in [0.15, 0.2) is 71.7 Å². The smallest absolute Gasteiger partial charge is 0.257 e. The predicted octanol–water partition coefficient (Wildman–Crippen LogP) is 3.74. The Balaban J connectivity index is 2.24. The first-order chi connectivity index (χ1) is 10.3. The third-order valence-corrected chi connectivity index (χ3v) is 3.71. The van der Waals surface area contributed by atoms with E-state index < -0.39 is 0 Å². The summed E-state index contributed by atoms with van der Waals surface area (Å²) in [5, 5.41) is 2.61. The maximum absolute atomic E-state index is 12.1. The summed E-state index contributed by atoms with van der Waals surface area (Å²) < 4.78 is 0. The van der Waals surface area contributed by atoms with E-state index in [-0.39, 0.29) is 5.56 Å². The molecule has 0 saturated heterocycles. The van der Waals surface area contributed by atoms with Crippen LogP contribution < -0.4 is 5.56 Å². The fourth-order valence-corrected chi connectivity index (χ4v) is 2.76. The topological polar surface area (TPSA) is 45.8 Å². The van der Waals surface area contributed by atoms with E-state index in [2.05, 4.69) is 22.1 Å². The molecule has 0 fully saturated rings. The fourth-order valence-electron chi connectivity index (χ4n) is 2.76. The minimum atomic E-state index is -0.101. The number of aromatic amines is 1. The van der Waals surface area contributed by atoms with Gasteiger partial charge in [0.2, 0.25) is 0 Å². The van der Waals surface area contributed by atoms with Crippen molar-refractivity contribution in [2.75, 3.05) is 0 Å². The van der Waals surface area contributed by atoms with Gasteiger partial charge in [-0.05, 0) is 28.6 Å². The molecule has 0 aliphatic rings. The molecule has 0 bridgehead atoms. The van der Waals surface area contributed by atoms with Crippen molar-refractivity contribution in [1.82, 2.24) is 9.97 Å². The van der Waals surface area contributed by atoms with Gasteiger partial charge in [-0.3, -0.25) is 4.79 Å². The lowest BCUT2D eigenvalue weighted by molar-refractivity contribution is 1.26. The summed E-state index contributed by atoms with van der Waals surface area (Å²) >= 11 is 0. The first kappa shape index (κ1) is 11.9. The second-order valence-corrected chi connectivity index (χ2v) is 4.95. The van der Waals surface area contributed by atoms with Gasteiger partial charge in [0.1, 0.15) is 5.65 Å². The van der Waals surface area contributed by atoms with Gasteiger partial charge in [0, 0.05) is 17.0 Å². The Morgan fingerprint density at radius 2 is 1.52 bits per heavy atom. The van der Waals surface area contributed by atoms with Gasteiger partial charge in [0.05, 0.1) is 0 Å². The Morgan fingerprint density at radius 3 is 2.33 bits per heavy atom. The van der Waals surface area contributed by atoms with Gasteiger partial charge in [-0.1, -0.05) is 48.5 Å². The molecule has 2 aromatic heterocycles. The van der Waals surface area contributed by atoms with Crippen LogP contribution in [0.25, 0.3) is 32.9 Å². The quantitative estimate of drug-likeness (QED) is 0.536. The van der Waals surface area contributed by atoms with Gasteiger partial charge in [-0.15, -0.1) is 0 Å². The molecule has 2 heterocycles. The molecule has 4 aromatic rings. The van der Waals surface area contributed by atoms with Crippen LogP contribution in [0.3, 0.4) is 0 Å². The van der Waals surface area contributed by atoms with Crippen molar-refractivity contribution in [3.05, 3.63) is 77.2 Å². The number of pyridine rings is 2. The standard InChI is InChI=1S/C18H12N2O/c21-18-15-9-5-4-8-14(15)16-13(10-11-19-17(16)20-18)12-6-2-1-3-7-12/h1-11H,(H,19,20,21). The second-order valence-electron chi connectivity index (χ2n) is 4.95. The average Bonchev–Trinajstić information content (AvgIpc) is 2.55. The van der Waals surface area contributed by atoms with Crippen molar-refractivity contribution in [3.8, 4) is 11.1 Å². The number of nitrogens with zero attached hydrogens (tertiary/aromatic N) is 1. The molecule has 0 unspecified atom stereocenters. The van der Waals surface area contributed by atoms with Crippen molar-refractivity contribution in [2.24, 2.45) is 0 Å². The lowest BCUT2D eigenvalue weighted by atomic mass is 9.99. The van der Waals surface area contributed by atoms with E-state index in [0.717, 1.165) is 21.9 Å². The molecular formula is C18H12N2O. The van der Waals surface area contributed by atoms with Crippen molar-refractivity contribution in [3.63, 3.8) is 0 Å². The summed E-state index contributed by atoms with van der Waals surface area (Å²) in [6.07, 6.45) is 1.73. The van der Waals surface area contributed by atoms with Crippen LogP contribution in [0, 0.1) is 0 Å². The highest BCUT2D eigenvalue weighted by molar-refractivity contribution is 6.11. The van der Waals surface area contributed by atoms with E-state index in [1.165, 1.54) is 0 Å². The van der Waals surface area contributed by atoms with E-state index in [9.17, 15) is 4.79 Å². The van der Waals surface area contributed by atoms with Crippen molar-refractivity contribution >= 4 is 21.8 Å². The second kappa shape index (κ2) is 4.56. The molecule has 0 saturated carbocycles. The van der Waals surface area contributed by atoms with Crippen LogP contribution in [-0.4, -0.2) is 9.97 Å². The maximum Gasteiger partial charge on any atom is 0.257 e. The molecule has 3 nitrogen and oxygen atoms in total. The molecule has 4 rings (SSSR count). The Labute approximate surface area is 120 Å². The van der Waals surface area contributed by atoms with E-state index in [1.807, 2.05) is 48.5 Å². The van der Waals surface area contributed by atoms with Crippen LogP contribution in [-0.2, 0) is 0 Å². The lowest BCUT2D eigenvalue weighted by Gasteiger charge is -2.09. The number of rotatable bonds is 1. The van der Waals surface area contributed by atoms with E-state index >= 15 is 0 Å². The number of benzene rings is 2. The third-order valence-electron chi connectivity index (χ3n) is 3.71. The molecule has 0 spiro atoms. The summed E-state index contributed by atoms with van der Waals surface area (Å²) in [5.41, 5.74) is 2.71. The third kappa shape index (κ3) is 1.82. The van der Waals surface area contributed by atoms with Crippen LogP contribution in [0.4, 0.5) is 0 Å². The highest BCUT2D eigenvalue weighted by Gasteiger charge is 2.10. The highest BCUT2D eigenvalue weighted by atomic mass is 16.1. The number of hydrogen-bond acceptors (Lipinski definition) is 2. The van der Waals surface area contributed by atoms with E-state index in [0.29, 0.717) is 11.0 Å². The summed E-state index contributed by atoms with van der Waals surface area (Å²) in [5.74, 6) is 0. The summed E-state index contributed by atoms with van der Waals surface area (Å²) in [6.45, 7) is 0.